The van der Waals surface area contributed by atoms with Gasteiger partial charge in [-0.2, -0.15) is 0 Å². The highest BCUT2D eigenvalue weighted by atomic mass is 79.9. The van der Waals surface area contributed by atoms with Crippen molar-refractivity contribution in [2.75, 3.05) is 6.61 Å². The third-order valence-corrected chi connectivity index (χ3v) is 4.78. The van der Waals surface area contributed by atoms with Crippen molar-refractivity contribution in [1.82, 2.24) is 0 Å². The number of halogens is 3. The molecule has 4 heteroatoms. The van der Waals surface area contributed by atoms with Crippen LogP contribution in [0.2, 0.25) is 5.02 Å². The van der Waals surface area contributed by atoms with Gasteiger partial charge in [0.05, 0.1) is 11.4 Å². The summed E-state index contributed by atoms with van der Waals surface area (Å²) in [7, 11) is 0. The standard InChI is InChI=1S/C16H15Br2ClO/c1-3-20-15-7-5-11(17)9-13(15)16(18)12-6-4-10(2)8-14(12)19/h4-9,16H,3H2,1-2H3. The third kappa shape index (κ3) is 3.57. The predicted octanol–water partition coefficient (Wildman–Crippen LogP) is 6.29. The summed E-state index contributed by atoms with van der Waals surface area (Å²) in [6.07, 6.45) is 0. The molecular formula is C16H15Br2ClO. The number of aryl methyl sites for hydroxylation is 1. The van der Waals surface area contributed by atoms with E-state index in [2.05, 4.69) is 44.0 Å². The van der Waals surface area contributed by atoms with Crippen molar-refractivity contribution < 1.29 is 4.74 Å². The van der Waals surface area contributed by atoms with Crippen LogP contribution in [-0.4, -0.2) is 6.61 Å². The van der Waals surface area contributed by atoms with Crippen LogP contribution in [0, 0.1) is 6.92 Å². The molecular weight excluding hydrogens is 403 g/mol. The molecule has 1 atom stereocenters. The molecule has 0 heterocycles. The molecule has 2 rings (SSSR count). The van der Waals surface area contributed by atoms with E-state index in [1.54, 1.807) is 0 Å². The highest BCUT2D eigenvalue weighted by Crippen LogP contribution is 2.40. The van der Waals surface area contributed by atoms with Crippen LogP contribution in [0.1, 0.15) is 28.4 Å². The Kier molecular flexibility index (Phi) is 5.53. The number of hydrogen-bond donors (Lipinski definition) is 0. The van der Waals surface area contributed by atoms with Gasteiger partial charge in [0.2, 0.25) is 0 Å². The minimum atomic E-state index is -0.00495. The summed E-state index contributed by atoms with van der Waals surface area (Å²) in [6.45, 7) is 4.65. The lowest BCUT2D eigenvalue weighted by molar-refractivity contribution is 0.337. The maximum Gasteiger partial charge on any atom is 0.124 e. The van der Waals surface area contributed by atoms with E-state index in [9.17, 15) is 0 Å². The molecule has 2 aromatic carbocycles. The fourth-order valence-corrected chi connectivity index (χ4v) is 3.62. The summed E-state index contributed by atoms with van der Waals surface area (Å²) in [5.74, 6) is 0.870. The number of benzene rings is 2. The van der Waals surface area contributed by atoms with E-state index in [-0.39, 0.29) is 4.83 Å². The lowest BCUT2D eigenvalue weighted by atomic mass is 10.0. The molecule has 0 aliphatic heterocycles. The molecule has 0 bridgehead atoms. The molecule has 0 fully saturated rings. The summed E-state index contributed by atoms with van der Waals surface area (Å²) in [5.41, 5.74) is 3.25. The zero-order chi connectivity index (χ0) is 14.7. The first-order valence-corrected chi connectivity index (χ1v) is 8.44. The van der Waals surface area contributed by atoms with Crippen molar-refractivity contribution in [3.05, 3.63) is 62.6 Å². The Hall–Kier alpha value is -0.510. The molecule has 0 aromatic heterocycles. The van der Waals surface area contributed by atoms with Crippen LogP contribution < -0.4 is 4.74 Å². The van der Waals surface area contributed by atoms with Gasteiger partial charge in [-0.25, -0.2) is 0 Å². The third-order valence-electron chi connectivity index (χ3n) is 2.97. The van der Waals surface area contributed by atoms with Crippen molar-refractivity contribution >= 4 is 43.5 Å². The highest BCUT2D eigenvalue weighted by molar-refractivity contribution is 9.10. The maximum atomic E-state index is 6.36. The molecule has 0 N–H and O–H groups in total. The molecule has 20 heavy (non-hydrogen) atoms. The van der Waals surface area contributed by atoms with Gasteiger partial charge in [0.1, 0.15) is 5.75 Å². The van der Waals surface area contributed by atoms with Gasteiger partial charge in [-0.05, 0) is 49.2 Å². The minimum absolute atomic E-state index is 0.00495. The van der Waals surface area contributed by atoms with Crippen LogP contribution in [0.3, 0.4) is 0 Å². The number of hydrogen-bond acceptors (Lipinski definition) is 1. The molecule has 1 unspecified atom stereocenters. The van der Waals surface area contributed by atoms with Crippen molar-refractivity contribution in [3.63, 3.8) is 0 Å². The first-order valence-electron chi connectivity index (χ1n) is 6.35. The molecule has 0 aliphatic rings. The second-order valence-corrected chi connectivity index (χ2v) is 6.74. The van der Waals surface area contributed by atoms with Crippen molar-refractivity contribution in [1.29, 1.82) is 0 Å². The fourth-order valence-electron chi connectivity index (χ4n) is 2.01. The smallest absolute Gasteiger partial charge is 0.124 e. The maximum absolute atomic E-state index is 6.36. The van der Waals surface area contributed by atoms with Gasteiger partial charge in [-0.15, -0.1) is 0 Å². The topological polar surface area (TPSA) is 9.23 Å². The predicted molar refractivity (Wildman–Crippen MR) is 92.3 cm³/mol. The molecule has 0 radical (unpaired) electrons. The van der Waals surface area contributed by atoms with Crippen LogP contribution in [0.25, 0.3) is 0 Å². The van der Waals surface area contributed by atoms with Gasteiger partial charge in [-0.1, -0.05) is 55.6 Å². The van der Waals surface area contributed by atoms with Gasteiger partial charge in [0.25, 0.3) is 0 Å². The van der Waals surface area contributed by atoms with Gasteiger partial charge >= 0.3 is 0 Å². The SMILES string of the molecule is CCOc1ccc(Br)cc1C(Br)c1ccc(C)cc1Cl. The van der Waals surface area contributed by atoms with Crippen LogP contribution in [0.5, 0.6) is 5.75 Å². The number of rotatable bonds is 4. The Bertz CT molecular complexity index is 613. The van der Waals surface area contributed by atoms with Crippen LogP contribution >= 0.6 is 43.5 Å². The lowest BCUT2D eigenvalue weighted by Gasteiger charge is -2.17. The summed E-state index contributed by atoms with van der Waals surface area (Å²) in [4.78, 5) is -0.00495. The summed E-state index contributed by atoms with van der Waals surface area (Å²) < 4.78 is 6.72. The monoisotopic (exact) mass is 416 g/mol. The van der Waals surface area contributed by atoms with E-state index in [1.807, 2.05) is 38.1 Å². The Morgan fingerprint density at radius 3 is 2.55 bits per heavy atom. The largest absolute Gasteiger partial charge is 0.494 e. The molecule has 106 valence electrons. The zero-order valence-electron chi connectivity index (χ0n) is 11.3. The minimum Gasteiger partial charge on any atom is -0.494 e. The van der Waals surface area contributed by atoms with E-state index >= 15 is 0 Å². The molecule has 1 nitrogen and oxygen atoms in total. The van der Waals surface area contributed by atoms with Gasteiger partial charge in [0, 0.05) is 15.1 Å². The highest BCUT2D eigenvalue weighted by Gasteiger charge is 2.18. The molecule has 2 aromatic rings. The van der Waals surface area contributed by atoms with Gasteiger partial charge in [0.15, 0.2) is 0 Å². The number of ether oxygens (including phenoxy) is 1. The molecule has 0 aliphatic carbocycles. The van der Waals surface area contributed by atoms with Crippen molar-refractivity contribution in [2.45, 2.75) is 18.7 Å². The van der Waals surface area contributed by atoms with Crippen LogP contribution in [0.4, 0.5) is 0 Å². The Morgan fingerprint density at radius 1 is 1.15 bits per heavy atom. The average Bonchev–Trinajstić information content (AvgIpc) is 2.40. The Labute approximate surface area is 141 Å². The molecule has 0 amide bonds. The molecule has 0 saturated heterocycles. The quantitative estimate of drug-likeness (QED) is 0.530. The first-order chi connectivity index (χ1) is 9.52. The fraction of sp³-hybridized carbons (Fsp3) is 0.250. The van der Waals surface area contributed by atoms with Gasteiger partial charge < -0.3 is 4.74 Å². The Morgan fingerprint density at radius 2 is 1.90 bits per heavy atom. The van der Waals surface area contributed by atoms with Crippen molar-refractivity contribution in [2.24, 2.45) is 0 Å². The molecule has 0 spiro atoms. The van der Waals surface area contributed by atoms with E-state index in [4.69, 9.17) is 16.3 Å². The van der Waals surface area contributed by atoms with Crippen LogP contribution in [-0.2, 0) is 0 Å². The summed E-state index contributed by atoms with van der Waals surface area (Å²) in [6, 6.07) is 12.1. The van der Waals surface area contributed by atoms with E-state index in [0.29, 0.717) is 6.61 Å². The zero-order valence-corrected chi connectivity index (χ0v) is 15.2. The molecule has 0 saturated carbocycles. The Balaban J connectivity index is 2.46. The number of alkyl halides is 1. The average molecular weight is 419 g/mol. The van der Waals surface area contributed by atoms with E-state index < -0.39 is 0 Å². The second-order valence-electron chi connectivity index (χ2n) is 4.50. The summed E-state index contributed by atoms with van der Waals surface area (Å²) in [5, 5.41) is 0.759. The normalized spacial score (nSPS) is 12.2. The van der Waals surface area contributed by atoms with Crippen molar-refractivity contribution in [3.8, 4) is 5.75 Å². The van der Waals surface area contributed by atoms with E-state index in [1.165, 1.54) is 0 Å². The summed E-state index contributed by atoms with van der Waals surface area (Å²) >= 11 is 13.6. The van der Waals surface area contributed by atoms with Gasteiger partial charge in [-0.3, -0.25) is 0 Å². The lowest BCUT2D eigenvalue weighted by Crippen LogP contribution is -2.00. The van der Waals surface area contributed by atoms with E-state index in [0.717, 1.165) is 31.9 Å². The van der Waals surface area contributed by atoms with Crippen LogP contribution in [0.15, 0.2) is 40.9 Å². The first kappa shape index (κ1) is 15.9. The second kappa shape index (κ2) is 6.97.